The third kappa shape index (κ3) is 3.92. The van der Waals surface area contributed by atoms with Crippen molar-refractivity contribution < 1.29 is 9.21 Å². The molecule has 0 saturated heterocycles. The fourth-order valence-electron chi connectivity index (χ4n) is 1.39. The molecule has 94 valence electrons. The van der Waals surface area contributed by atoms with Crippen LogP contribution < -0.4 is 5.32 Å². The van der Waals surface area contributed by atoms with Crippen LogP contribution in [0, 0.1) is 0 Å². The Morgan fingerprint density at radius 1 is 1.33 bits per heavy atom. The lowest BCUT2D eigenvalue weighted by molar-refractivity contribution is 0.0926. The van der Waals surface area contributed by atoms with E-state index in [1.807, 2.05) is 12.1 Å². The minimum absolute atomic E-state index is 0.158. The van der Waals surface area contributed by atoms with Crippen LogP contribution in [0.3, 0.4) is 0 Å². The predicted octanol–water partition coefficient (Wildman–Crippen LogP) is 2.59. The molecule has 1 N–H and O–H groups in total. The van der Waals surface area contributed by atoms with Gasteiger partial charge in [0.25, 0.3) is 5.91 Å². The van der Waals surface area contributed by atoms with Gasteiger partial charge in [0.15, 0.2) is 5.76 Å². The number of furan rings is 1. The summed E-state index contributed by atoms with van der Waals surface area (Å²) in [4.78, 5) is 16.7. The van der Waals surface area contributed by atoms with Gasteiger partial charge in [0, 0.05) is 23.8 Å². The first-order chi connectivity index (χ1) is 8.86. The molecule has 0 aliphatic carbocycles. The van der Waals surface area contributed by atoms with Gasteiger partial charge in [0.05, 0.1) is 6.26 Å². The van der Waals surface area contributed by atoms with Crippen molar-refractivity contribution >= 4 is 17.7 Å². The van der Waals surface area contributed by atoms with E-state index in [9.17, 15) is 4.79 Å². The molecule has 0 bridgehead atoms. The first-order valence-corrected chi connectivity index (χ1v) is 6.69. The number of rotatable bonds is 6. The first kappa shape index (κ1) is 12.7. The number of aromatic nitrogens is 1. The van der Waals surface area contributed by atoms with E-state index in [1.54, 1.807) is 36.3 Å². The maximum Gasteiger partial charge on any atom is 0.286 e. The molecule has 1 amide bonds. The largest absolute Gasteiger partial charge is 0.459 e. The molecule has 0 atom stereocenters. The second-order valence-electron chi connectivity index (χ2n) is 3.62. The lowest BCUT2D eigenvalue weighted by atomic mass is 10.4. The summed E-state index contributed by atoms with van der Waals surface area (Å²) in [7, 11) is 0. The lowest BCUT2D eigenvalue weighted by Gasteiger charge is -2.03. The van der Waals surface area contributed by atoms with Crippen LogP contribution in [0.15, 0.2) is 52.2 Å². The normalized spacial score (nSPS) is 10.2. The van der Waals surface area contributed by atoms with E-state index in [2.05, 4.69) is 10.3 Å². The molecule has 2 rings (SSSR count). The number of nitrogens with zero attached hydrogens (tertiary/aromatic N) is 1. The topological polar surface area (TPSA) is 55.1 Å². The van der Waals surface area contributed by atoms with Crippen molar-refractivity contribution in [3.8, 4) is 0 Å². The second kappa shape index (κ2) is 6.86. The summed E-state index contributed by atoms with van der Waals surface area (Å²) in [5, 5.41) is 2.81. The number of carbonyl (C=O) groups excluding carboxylic acids is 1. The van der Waals surface area contributed by atoms with Crippen LogP contribution in [0.4, 0.5) is 0 Å². The fraction of sp³-hybridized carbons (Fsp3) is 0.231. The van der Waals surface area contributed by atoms with Gasteiger partial charge in [-0.15, -0.1) is 11.8 Å². The van der Waals surface area contributed by atoms with Gasteiger partial charge in [-0.05, 0) is 36.4 Å². The molecule has 0 aliphatic rings. The van der Waals surface area contributed by atoms with Gasteiger partial charge in [-0.25, -0.2) is 0 Å². The van der Waals surface area contributed by atoms with E-state index in [0.29, 0.717) is 12.3 Å². The number of pyridine rings is 1. The van der Waals surface area contributed by atoms with Crippen molar-refractivity contribution in [2.75, 3.05) is 12.3 Å². The quantitative estimate of drug-likeness (QED) is 0.642. The van der Waals surface area contributed by atoms with Crippen molar-refractivity contribution in [3.63, 3.8) is 0 Å². The van der Waals surface area contributed by atoms with Crippen molar-refractivity contribution in [1.29, 1.82) is 0 Å². The van der Waals surface area contributed by atoms with Crippen LogP contribution in [-0.2, 0) is 0 Å². The standard InChI is InChI=1S/C13H14N2O2S/c16-13(12-3-1-9-17-12)15-6-2-10-18-11-4-7-14-8-5-11/h1,3-5,7-9H,2,6,10H2,(H,15,16). The molecule has 0 unspecified atom stereocenters. The molecular formula is C13H14N2O2S. The van der Waals surface area contributed by atoms with Crippen molar-refractivity contribution in [1.82, 2.24) is 10.3 Å². The summed E-state index contributed by atoms with van der Waals surface area (Å²) in [5.41, 5.74) is 0. The predicted molar refractivity (Wildman–Crippen MR) is 70.6 cm³/mol. The third-order valence-corrected chi connectivity index (χ3v) is 3.37. The monoisotopic (exact) mass is 262 g/mol. The van der Waals surface area contributed by atoms with Crippen molar-refractivity contribution in [3.05, 3.63) is 48.7 Å². The molecule has 0 radical (unpaired) electrons. The number of hydrogen-bond acceptors (Lipinski definition) is 4. The molecule has 0 spiro atoms. The summed E-state index contributed by atoms with van der Waals surface area (Å²) in [6.45, 7) is 0.650. The fourth-order valence-corrected chi connectivity index (χ4v) is 2.23. The average Bonchev–Trinajstić information content (AvgIpc) is 2.93. The Kier molecular flexibility index (Phi) is 4.84. The Labute approximate surface area is 110 Å². The molecule has 2 heterocycles. The molecule has 0 aromatic carbocycles. The molecule has 5 heteroatoms. The lowest BCUT2D eigenvalue weighted by Crippen LogP contribution is -2.24. The second-order valence-corrected chi connectivity index (χ2v) is 4.79. The third-order valence-electron chi connectivity index (χ3n) is 2.27. The minimum Gasteiger partial charge on any atom is -0.459 e. The zero-order valence-corrected chi connectivity index (χ0v) is 10.7. The maximum absolute atomic E-state index is 11.5. The average molecular weight is 262 g/mol. The summed E-state index contributed by atoms with van der Waals surface area (Å²) in [6.07, 6.45) is 5.97. The number of carbonyl (C=O) groups is 1. The molecule has 2 aromatic rings. The summed E-state index contributed by atoms with van der Waals surface area (Å²) in [6, 6.07) is 7.31. The summed E-state index contributed by atoms with van der Waals surface area (Å²) in [5.74, 6) is 1.16. The molecule has 18 heavy (non-hydrogen) atoms. The van der Waals surface area contributed by atoms with Crippen LogP contribution in [0.1, 0.15) is 17.0 Å². The molecule has 4 nitrogen and oxygen atoms in total. The Hall–Kier alpha value is -1.75. The Morgan fingerprint density at radius 3 is 2.89 bits per heavy atom. The van der Waals surface area contributed by atoms with Gasteiger partial charge in [0.2, 0.25) is 0 Å². The van der Waals surface area contributed by atoms with Crippen molar-refractivity contribution in [2.24, 2.45) is 0 Å². The number of hydrogen-bond donors (Lipinski definition) is 1. The molecule has 0 fully saturated rings. The van der Waals surface area contributed by atoms with Gasteiger partial charge in [0.1, 0.15) is 0 Å². The minimum atomic E-state index is -0.158. The molecular weight excluding hydrogens is 248 g/mol. The van der Waals surface area contributed by atoms with Crippen LogP contribution in [0.5, 0.6) is 0 Å². The van der Waals surface area contributed by atoms with Crippen LogP contribution >= 0.6 is 11.8 Å². The highest BCUT2D eigenvalue weighted by atomic mass is 32.2. The number of thioether (sulfide) groups is 1. The van der Waals surface area contributed by atoms with Gasteiger partial charge < -0.3 is 9.73 Å². The van der Waals surface area contributed by atoms with Gasteiger partial charge in [-0.1, -0.05) is 0 Å². The van der Waals surface area contributed by atoms with Crippen molar-refractivity contribution in [2.45, 2.75) is 11.3 Å². The molecule has 0 aliphatic heterocycles. The van der Waals surface area contributed by atoms with E-state index in [-0.39, 0.29) is 5.91 Å². The SMILES string of the molecule is O=C(NCCCSc1ccncc1)c1ccco1. The highest BCUT2D eigenvalue weighted by Gasteiger charge is 2.06. The summed E-state index contributed by atoms with van der Waals surface area (Å²) < 4.78 is 5.00. The molecule has 0 saturated carbocycles. The Morgan fingerprint density at radius 2 is 2.17 bits per heavy atom. The van der Waals surface area contributed by atoms with E-state index in [0.717, 1.165) is 12.2 Å². The van der Waals surface area contributed by atoms with Gasteiger partial charge in [-0.3, -0.25) is 9.78 Å². The highest BCUT2D eigenvalue weighted by Crippen LogP contribution is 2.16. The first-order valence-electron chi connectivity index (χ1n) is 5.71. The zero-order chi connectivity index (χ0) is 12.6. The Balaban J connectivity index is 1.61. The number of amides is 1. The van der Waals surface area contributed by atoms with Crippen LogP contribution in [-0.4, -0.2) is 23.2 Å². The van der Waals surface area contributed by atoms with Crippen LogP contribution in [0.25, 0.3) is 0 Å². The van der Waals surface area contributed by atoms with E-state index >= 15 is 0 Å². The summed E-state index contributed by atoms with van der Waals surface area (Å²) >= 11 is 1.75. The molecule has 2 aromatic heterocycles. The van der Waals surface area contributed by atoms with E-state index in [4.69, 9.17) is 4.42 Å². The zero-order valence-electron chi connectivity index (χ0n) is 9.83. The maximum atomic E-state index is 11.5. The number of nitrogens with one attached hydrogen (secondary N) is 1. The van der Waals surface area contributed by atoms with Crippen LogP contribution in [0.2, 0.25) is 0 Å². The Bertz CT molecular complexity index is 471. The van der Waals surface area contributed by atoms with E-state index < -0.39 is 0 Å². The highest BCUT2D eigenvalue weighted by molar-refractivity contribution is 7.99. The van der Waals surface area contributed by atoms with Gasteiger partial charge >= 0.3 is 0 Å². The smallest absolute Gasteiger partial charge is 0.286 e. The van der Waals surface area contributed by atoms with Gasteiger partial charge in [-0.2, -0.15) is 0 Å². The van der Waals surface area contributed by atoms with E-state index in [1.165, 1.54) is 11.2 Å².